The largest absolute Gasteiger partial charge is 0.356 e. The number of carbonyl (C=O) groups is 1. The van der Waals surface area contributed by atoms with Crippen LogP contribution in [0.15, 0.2) is 29.3 Å². The summed E-state index contributed by atoms with van der Waals surface area (Å²) >= 11 is 0. The van der Waals surface area contributed by atoms with Gasteiger partial charge in [-0.2, -0.15) is 0 Å². The highest BCUT2D eigenvalue weighted by molar-refractivity contribution is 14.0. The summed E-state index contributed by atoms with van der Waals surface area (Å²) in [6.07, 6.45) is 0.718. The van der Waals surface area contributed by atoms with Gasteiger partial charge in [-0.25, -0.2) is 8.42 Å². The third-order valence-corrected chi connectivity index (χ3v) is 6.71. The molecule has 0 atom stereocenters. The Labute approximate surface area is 186 Å². The molecule has 28 heavy (non-hydrogen) atoms. The minimum Gasteiger partial charge on any atom is -0.356 e. The van der Waals surface area contributed by atoms with Gasteiger partial charge in [0.05, 0.1) is 10.5 Å². The Morgan fingerprint density at radius 3 is 2.29 bits per heavy atom. The molecule has 0 fully saturated rings. The van der Waals surface area contributed by atoms with Crippen LogP contribution in [0.4, 0.5) is 0 Å². The van der Waals surface area contributed by atoms with Gasteiger partial charge in [0.15, 0.2) is 15.8 Å². The van der Waals surface area contributed by atoms with E-state index >= 15 is 0 Å². The van der Waals surface area contributed by atoms with Gasteiger partial charge in [0.2, 0.25) is 0 Å². The van der Waals surface area contributed by atoms with Crippen molar-refractivity contribution in [3.05, 3.63) is 35.4 Å². The van der Waals surface area contributed by atoms with E-state index in [1.54, 1.807) is 52.9 Å². The number of amides is 1. The zero-order chi connectivity index (χ0) is 20.7. The van der Waals surface area contributed by atoms with E-state index in [0.29, 0.717) is 24.6 Å². The molecule has 0 aromatic heterocycles. The van der Waals surface area contributed by atoms with Gasteiger partial charge in [0, 0.05) is 39.8 Å². The monoisotopic (exact) mass is 524 g/mol. The summed E-state index contributed by atoms with van der Waals surface area (Å²) in [5.74, 6) is 0.577. The van der Waals surface area contributed by atoms with Gasteiger partial charge in [-0.3, -0.25) is 9.79 Å². The first-order chi connectivity index (χ1) is 12.5. The summed E-state index contributed by atoms with van der Waals surface area (Å²) in [4.78, 5) is 17.7. The van der Waals surface area contributed by atoms with Crippen LogP contribution in [0.5, 0.6) is 0 Å². The maximum absolute atomic E-state index is 12.1. The highest BCUT2D eigenvalue weighted by atomic mass is 127. The van der Waals surface area contributed by atoms with Crippen LogP contribution in [-0.2, 0) is 16.3 Å². The Morgan fingerprint density at radius 2 is 1.75 bits per heavy atom. The summed E-state index contributed by atoms with van der Waals surface area (Å²) in [7, 11) is 1.93. The molecule has 1 rings (SSSR count). The van der Waals surface area contributed by atoms with E-state index in [4.69, 9.17) is 0 Å². The average molecular weight is 524 g/mol. The molecule has 7 nitrogen and oxygen atoms in total. The maximum Gasteiger partial charge on any atom is 0.253 e. The standard InChI is InChI=1S/C19H32N4O3S.HI/c1-19(2,3)27(25,26)13-12-22-18(20-4)21-11-10-15-8-7-9-16(14-15)17(24)23(5)6;/h7-9,14H,10-13H2,1-6H3,(H2,20,21,22);1H. The summed E-state index contributed by atoms with van der Waals surface area (Å²) in [6, 6.07) is 7.53. The van der Waals surface area contributed by atoms with Crippen molar-refractivity contribution in [3.8, 4) is 0 Å². The summed E-state index contributed by atoms with van der Waals surface area (Å²) < 4.78 is 23.5. The third-order valence-electron chi connectivity index (χ3n) is 4.11. The van der Waals surface area contributed by atoms with Crippen LogP contribution >= 0.6 is 24.0 Å². The molecule has 0 unspecified atom stereocenters. The van der Waals surface area contributed by atoms with Crippen LogP contribution in [0.25, 0.3) is 0 Å². The number of carbonyl (C=O) groups excluding carboxylic acids is 1. The van der Waals surface area contributed by atoms with E-state index in [9.17, 15) is 13.2 Å². The van der Waals surface area contributed by atoms with Crippen molar-refractivity contribution < 1.29 is 13.2 Å². The molecule has 2 N–H and O–H groups in total. The van der Waals surface area contributed by atoms with Crippen molar-refractivity contribution in [2.24, 2.45) is 4.99 Å². The van der Waals surface area contributed by atoms with Crippen LogP contribution in [0.1, 0.15) is 36.7 Å². The van der Waals surface area contributed by atoms with Crippen molar-refractivity contribution in [2.45, 2.75) is 31.9 Å². The number of halogens is 1. The SMILES string of the molecule is CN=C(NCCc1cccc(C(=O)N(C)C)c1)NCCS(=O)(=O)C(C)(C)C.I. The first-order valence-corrected chi connectivity index (χ1v) is 10.6. The van der Waals surface area contributed by atoms with Crippen molar-refractivity contribution in [2.75, 3.05) is 40.0 Å². The number of hydrogen-bond donors (Lipinski definition) is 2. The van der Waals surface area contributed by atoms with Gasteiger partial charge >= 0.3 is 0 Å². The molecular formula is C19H33IN4O3S. The van der Waals surface area contributed by atoms with Crippen molar-refractivity contribution in [3.63, 3.8) is 0 Å². The van der Waals surface area contributed by atoms with Crippen LogP contribution < -0.4 is 10.6 Å². The molecule has 0 spiro atoms. The van der Waals surface area contributed by atoms with Crippen molar-refractivity contribution in [1.82, 2.24) is 15.5 Å². The second-order valence-electron chi connectivity index (χ2n) is 7.51. The fourth-order valence-electron chi connectivity index (χ4n) is 2.27. The molecule has 0 heterocycles. The molecule has 160 valence electrons. The number of nitrogens with zero attached hydrogens (tertiary/aromatic N) is 2. The molecule has 1 amide bonds. The predicted molar refractivity (Wildman–Crippen MR) is 126 cm³/mol. The zero-order valence-corrected chi connectivity index (χ0v) is 20.7. The molecule has 0 bridgehead atoms. The number of guanidine groups is 1. The quantitative estimate of drug-likeness (QED) is 0.323. The van der Waals surface area contributed by atoms with E-state index in [-0.39, 0.29) is 35.6 Å². The molecule has 1 aromatic carbocycles. The van der Waals surface area contributed by atoms with Gasteiger partial charge in [-0.15, -0.1) is 24.0 Å². The molecule has 9 heteroatoms. The fourth-order valence-corrected chi connectivity index (χ4v) is 3.26. The van der Waals surface area contributed by atoms with E-state index in [0.717, 1.165) is 12.0 Å². The highest BCUT2D eigenvalue weighted by Gasteiger charge is 2.28. The molecule has 0 radical (unpaired) electrons. The van der Waals surface area contributed by atoms with Gasteiger partial charge < -0.3 is 15.5 Å². The second kappa shape index (κ2) is 11.6. The lowest BCUT2D eigenvalue weighted by Gasteiger charge is -2.19. The number of rotatable bonds is 7. The summed E-state index contributed by atoms with van der Waals surface area (Å²) in [5.41, 5.74) is 1.70. The van der Waals surface area contributed by atoms with Crippen molar-refractivity contribution >= 4 is 45.7 Å². The van der Waals surface area contributed by atoms with Gasteiger partial charge in [-0.1, -0.05) is 12.1 Å². The molecule has 1 aromatic rings. The Bertz CT molecular complexity index is 772. The lowest BCUT2D eigenvalue weighted by atomic mass is 10.1. The van der Waals surface area contributed by atoms with Crippen molar-refractivity contribution in [1.29, 1.82) is 0 Å². The van der Waals surface area contributed by atoms with Gasteiger partial charge in [0.1, 0.15) is 0 Å². The Morgan fingerprint density at radius 1 is 1.14 bits per heavy atom. The Hall–Kier alpha value is -1.36. The predicted octanol–water partition coefficient (Wildman–Crippen LogP) is 1.93. The summed E-state index contributed by atoms with van der Waals surface area (Å²) in [6.45, 7) is 6.01. The Kier molecular flexibility index (Phi) is 11.0. The highest BCUT2D eigenvalue weighted by Crippen LogP contribution is 2.15. The zero-order valence-electron chi connectivity index (χ0n) is 17.6. The molecule has 0 saturated carbocycles. The minimum absolute atomic E-state index is 0. The topological polar surface area (TPSA) is 90.9 Å². The smallest absolute Gasteiger partial charge is 0.253 e. The number of sulfone groups is 1. The van der Waals surface area contributed by atoms with Crippen LogP contribution in [-0.4, -0.2) is 69.9 Å². The number of hydrogen-bond acceptors (Lipinski definition) is 4. The molecule has 0 aliphatic heterocycles. The molecule has 0 saturated heterocycles. The first-order valence-electron chi connectivity index (χ1n) is 8.95. The first kappa shape index (κ1) is 26.6. The lowest BCUT2D eigenvalue weighted by molar-refractivity contribution is 0.0827. The molecule has 0 aliphatic rings. The van der Waals surface area contributed by atoms with E-state index in [2.05, 4.69) is 15.6 Å². The number of benzene rings is 1. The third kappa shape index (κ3) is 8.34. The second-order valence-corrected chi connectivity index (χ2v) is 10.4. The van der Waals surface area contributed by atoms with E-state index < -0.39 is 14.6 Å². The summed E-state index contributed by atoms with van der Waals surface area (Å²) in [5, 5.41) is 6.19. The van der Waals surface area contributed by atoms with E-state index in [1.165, 1.54) is 0 Å². The fraction of sp³-hybridized carbons (Fsp3) is 0.579. The normalized spacial score (nSPS) is 12.1. The van der Waals surface area contributed by atoms with Gasteiger partial charge in [-0.05, 0) is 44.9 Å². The average Bonchev–Trinajstić information content (AvgIpc) is 2.58. The maximum atomic E-state index is 12.1. The Balaban J connectivity index is 0.00000729. The molecular weight excluding hydrogens is 491 g/mol. The van der Waals surface area contributed by atoms with Crippen LogP contribution in [0, 0.1) is 0 Å². The van der Waals surface area contributed by atoms with E-state index in [1.807, 2.05) is 18.2 Å². The molecule has 0 aliphatic carbocycles. The lowest BCUT2D eigenvalue weighted by Crippen LogP contribution is -2.42. The van der Waals surface area contributed by atoms with Crippen LogP contribution in [0.2, 0.25) is 0 Å². The number of aliphatic imine (C=N–C) groups is 1. The van der Waals surface area contributed by atoms with Crippen LogP contribution in [0.3, 0.4) is 0 Å². The van der Waals surface area contributed by atoms with Gasteiger partial charge in [0.25, 0.3) is 5.91 Å². The number of nitrogens with one attached hydrogen (secondary N) is 2. The minimum atomic E-state index is -3.17.